The maximum absolute atomic E-state index is 10.7. The molecule has 1 heterocycles. The lowest BCUT2D eigenvalue weighted by Gasteiger charge is -2.25. The van der Waals surface area contributed by atoms with Gasteiger partial charge < -0.3 is 5.11 Å². The van der Waals surface area contributed by atoms with Gasteiger partial charge in [-0.25, -0.2) is 4.68 Å². The second-order valence-corrected chi connectivity index (χ2v) is 4.09. The maximum Gasteiger partial charge on any atom is 0.306 e. The summed E-state index contributed by atoms with van der Waals surface area (Å²) in [4.78, 5) is 10.7. The first-order valence-electron chi connectivity index (χ1n) is 5.19. The van der Waals surface area contributed by atoms with Crippen LogP contribution in [0.4, 0.5) is 0 Å². The average molecular weight is 210 g/mol. The zero-order valence-corrected chi connectivity index (χ0v) is 8.41. The first-order valence-corrected chi connectivity index (χ1v) is 5.19. The Morgan fingerprint density at radius 3 is 2.67 bits per heavy atom. The molecule has 1 N–H and O–H groups in total. The maximum atomic E-state index is 10.7. The Morgan fingerprint density at radius 1 is 1.40 bits per heavy atom. The van der Waals surface area contributed by atoms with Gasteiger partial charge in [-0.1, -0.05) is 0 Å². The van der Waals surface area contributed by atoms with Crippen LogP contribution in [0.5, 0.6) is 0 Å². The number of hydrogen-bond donors (Lipinski definition) is 1. The number of rotatable bonds is 3. The van der Waals surface area contributed by atoms with Crippen LogP contribution < -0.4 is 0 Å². The molecule has 0 bridgehead atoms. The van der Waals surface area contributed by atoms with E-state index >= 15 is 0 Å². The van der Waals surface area contributed by atoms with Crippen molar-refractivity contribution in [3.63, 3.8) is 0 Å². The van der Waals surface area contributed by atoms with Crippen LogP contribution in [0.15, 0.2) is 6.33 Å². The highest BCUT2D eigenvalue weighted by molar-refractivity contribution is 5.69. The van der Waals surface area contributed by atoms with Crippen molar-refractivity contribution in [1.82, 2.24) is 20.2 Å². The van der Waals surface area contributed by atoms with E-state index < -0.39 is 5.97 Å². The summed E-state index contributed by atoms with van der Waals surface area (Å²) in [5.74, 6) is -0.282. The molecule has 0 atom stereocenters. The van der Waals surface area contributed by atoms with Gasteiger partial charge in [-0.05, 0) is 42.0 Å². The van der Waals surface area contributed by atoms with Gasteiger partial charge in [0.15, 0.2) is 0 Å². The number of aromatic nitrogens is 4. The Morgan fingerprint density at radius 2 is 2.13 bits per heavy atom. The lowest BCUT2D eigenvalue weighted by atomic mass is 9.82. The largest absolute Gasteiger partial charge is 0.481 e. The summed E-state index contributed by atoms with van der Waals surface area (Å²) in [5, 5.41) is 19.8. The predicted octanol–water partition coefficient (Wildman–Crippen LogP) is 0.564. The van der Waals surface area contributed by atoms with E-state index in [1.807, 2.05) is 0 Å². The third-order valence-corrected chi connectivity index (χ3v) is 3.03. The zero-order valence-electron chi connectivity index (χ0n) is 8.41. The van der Waals surface area contributed by atoms with Crippen LogP contribution >= 0.6 is 0 Å². The van der Waals surface area contributed by atoms with E-state index in [4.69, 9.17) is 5.11 Å². The van der Waals surface area contributed by atoms with Crippen molar-refractivity contribution in [2.45, 2.75) is 32.2 Å². The Hall–Kier alpha value is -1.46. The minimum atomic E-state index is -0.657. The fourth-order valence-electron chi connectivity index (χ4n) is 2.12. The van der Waals surface area contributed by atoms with E-state index in [1.165, 1.54) is 0 Å². The third kappa shape index (κ3) is 2.51. The Kier molecular flexibility index (Phi) is 2.94. The molecular weight excluding hydrogens is 196 g/mol. The molecule has 0 aliphatic heterocycles. The normalized spacial score (nSPS) is 26.4. The molecule has 1 aromatic rings. The fraction of sp³-hybridized carbons (Fsp3) is 0.778. The molecule has 1 aromatic heterocycles. The number of hydrogen-bond acceptors (Lipinski definition) is 4. The topological polar surface area (TPSA) is 80.9 Å². The Bertz CT molecular complexity index is 317. The molecule has 0 unspecified atom stereocenters. The molecule has 0 amide bonds. The molecule has 15 heavy (non-hydrogen) atoms. The van der Waals surface area contributed by atoms with Crippen molar-refractivity contribution in [3.05, 3.63) is 6.33 Å². The number of carbonyl (C=O) groups is 1. The molecule has 82 valence electrons. The SMILES string of the molecule is O=C(O)C1CCC(Cn2cnnn2)CC1. The molecule has 1 aliphatic carbocycles. The molecule has 0 spiro atoms. The van der Waals surface area contributed by atoms with E-state index in [9.17, 15) is 4.79 Å². The van der Waals surface area contributed by atoms with Gasteiger partial charge in [0.05, 0.1) is 5.92 Å². The van der Waals surface area contributed by atoms with Crippen LogP contribution in [-0.4, -0.2) is 31.3 Å². The minimum Gasteiger partial charge on any atom is -0.481 e. The highest BCUT2D eigenvalue weighted by atomic mass is 16.4. The van der Waals surface area contributed by atoms with Crippen molar-refractivity contribution in [1.29, 1.82) is 0 Å². The first-order chi connectivity index (χ1) is 7.25. The van der Waals surface area contributed by atoms with Crippen LogP contribution in [-0.2, 0) is 11.3 Å². The monoisotopic (exact) mass is 210 g/mol. The number of carboxylic acids is 1. The Balaban J connectivity index is 1.81. The molecule has 1 saturated carbocycles. The van der Waals surface area contributed by atoms with Gasteiger partial charge in [0.1, 0.15) is 6.33 Å². The number of carboxylic acid groups (broad SMARTS) is 1. The molecule has 1 aliphatic rings. The zero-order chi connectivity index (χ0) is 10.7. The summed E-state index contributed by atoms with van der Waals surface area (Å²) in [6, 6.07) is 0. The van der Waals surface area contributed by atoms with Crippen LogP contribution in [0, 0.1) is 11.8 Å². The lowest BCUT2D eigenvalue weighted by Crippen LogP contribution is -2.24. The summed E-state index contributed by atoms with van der Waals surface area (Å²) in [7, 11) is 0. The van der Waals surface area contributed by atoms with Crippen molar-refractivity contribution in [2.24, 2.45) is 11.8 Å². The van der Waals surface area contributed by atoms with Crippen molar-refractivity contribution in [2.75, 3.05) is 0 Å². The molecule has 0 aromatic carbocycles. The lowest BCUT2D eigenvalue weighted by molar-refractivity contribution is -0.143. The third-order valence-electron chi connectivity index (χ3n) is 3.03. The van der Waals surface area contributed by atoms with E-state index in [0.29, 0.717) is 5.92 Å². The van der Waals surface area contributed by atoms with Gasteiger partial charge in [-0.2, -0.15) is 0 Å². The fourth-order valence-corrected chi connectivity index (χ4v) is 2.12. The van der Waals surface area contributed by atoms with E-state index in [0.717, 1.165) is 32.2 Å². The van der Waals surface area contributed by atoms with Crippen LogP contribution in [0.2, 0.25) is 0 Å². The molecule has 6 nitrogen and oxygen atoms in total. The van der Waals surface area contributed by atoms with Crippen LogP contribution in [0.3, 0.4) is 0 Å². The molecule has 0 radical (unpaired) electrons. The van der Waals surface area contributed by atoms with Gasteiger partial charge in [0.2, 0.25) is 0 Å². The summed E-state index contributed by atoms with van der Waals surface area (Å²) >= 11 is 0. The summed E-state index contributed by atoms with van der Waals surface area (Å²) in [6.45, 7) is 0.805. The highest BCUT2D eigenvalue weighted by Gasteiger charge is 2.26. The summed E-state index contributed by atoms with van der Waals surface area (Å²) in [6.07, 6.45) is 5.07. The molecule has 6 heteroatoms. The minimum absolute atomic E-state index is 0.143. The van der Waals surface area contributed by atoms with Gasteiger partial charge in [-0.3, -0.25) is 4.79 Å². The van der Waals surface area contributed by atoms with Crippen LogP contribution in [0.1, 0.15) is 25.7 Å². The first kappa shape index (κ1) is 10.1. The van der Waals surface area contributed by atoms with Gasteiger partial charge in [0.25, 0.3) is 0 Å². The van der Waals surface area contributed by atoms with E-state index in [2.05, 4.69) is 15.5 Å². The standard InChI is InChI=1S/C9H14N4O2/c14-9(15)8-3-1-7(2-4-8)5-13-6-10-11-12-13/h6-8H,1-5H2,(H,14,15). The van der Waals surface area contributed by atoms with Gasteiger partial charge in [-0.15, -0.1) is 5.10 Å². The second-order valence-electron chi connectivity index (χ2n) is 4.09. The Labute approximate surface area is 87.3 Å². The van der Waals surface area contributed by atoms with Crippen molar-refractivity contribution in [3.8, 4) is 0 Å². The number of tetrazole rings is 1. The van der Waals surface area contributed by atoms with E-state index in [-0.39, 0.29) is 5.92 Å². The summed E-state index contributed by atoms with van der Waals surface area (Å²) < 4.78 is 1.71. The van der Waals surface area contributed by atoms with Crippen molar-refractivity contribution >= 4 is 5.97 Å². The number of nitrogens with zero attached hydrogens (tertiary/aromatic N) is 4. The average Bonchev–Trinajstić information content (AvgIpc) is 2.71. The number of aliphatic carboxylic acids is 1. The van der Waals surface area contributed by atoms with E-state index in [1.54, 1.807) is 11.0 Å². The predicted molar refractivity (Wildman–Crippen MR) is 50.9 cm³/mol. The molecular formula is C9H14N4O2. The highest BCUT2D eigenvalue weighted by Crippen LogP contribution is 2.29. The van der Waals surface area contributed by atoms with Gasteiger partial charge >= 0.3 is 5.97 Å². The molecule has 0 saturated heterocycles. The second kappa shape index (κ2) is 4.37. The van der Waals surface area contributed by atoms with Crippen LogP contribution in [0.25, 0.3) is 0 Å². The smallest absolute Gasteiger partial charge is 0.306 e. The molecule has 2 rings (SSSR count). The molecule has 1 fully saturated rings. The van der Waals surface area contributed by atoms with Crippen molar-refractivity contribution < 1.29 is 9.90 Å². The summed E-state index contributed by atoms with van der Waals surface area (Å²) in [5.41, 5.74) is 0. The quantitative estimate of drug-likeness (QED) is 0.788. The van der Waals surface area contributed by atoms with Gasteiger partial charge in [0, 0.05) is 6.54 Å².